The first-order valence-corrected chi connectivity index (χ1v) is 6.01. The third-order valence-corrected chi connectivity index (χ3v) is 2.84. The van der Waals surface area contributed by atoms with Gasteiger partial charge in [0.25, 0.3) is 0 Å². The lowest BCUT2D eigenvalue weighted by molar-refractivity contribution is 0.0691. The molecule has 3 aromatic rings. The Morgan fingerprint density at radius 1 is 1.35 bits per heavy atom. The Morgan fingerprint density at radius 2 is 2.25 bits per heavy atom. The smallest absolute Gasteiger partial charge is 0.356 e. The maximum absolute atomic E-state index is 10.7. The summed E-state index contributed by atoms with van der Waals surface area (Å²) in [7, 11) is 0. The Bertz CT molecular complexity index is 747. The van der Waals surface area contributed by atoms with Crippen molar-refractivity contribution in [2.75, 3.05) is 11.9 Å². The van der Waals surface area contributed by atoms with Gasteiger partial charge in [-0.2, -0.15) is 5.10 Å². The van der Waals surface area contributed by atoms with Crippen molar-refractivity contribution in [1.82, 2.24) is 24.1 Å². The predicted molar refractivity (Wildman–Crippen MR) is 70.7 cm³/mol. The van der Waals surface area contributed by atoms with E-state index in [0.717, 1.165) is 11.3 Å². The molecule has 3 heterocycles. The molecule has 8 nitrogen and oxygen atoms in total. The van der Waals surface area contributed by atoms with E-state index in [9.17, 15) is 4.79 Å². The highest BCUT2D eigenvalue weighted by atomic mass is 16.4. The van der Waals surface area contributed by atoms with E-state index in [-0.39, 0.29) is 5.69 Å². The standard InChI is InChI=1S/C12H12N6O2/c19-12(20)9-7-17(8-15-9)5-3-13-11-10-1-2-16-18(10)6-4-14-11/h1-2,4,6-8H,3,5H2,(H,13,14)(H,19,20). The van der Waals surface area contributed by atoms with Gasteiger partial charge in [-0.1, -0.05) is 0 Å². The van der Waals surface area contributed by atoms with E-state index in [1.165, 1.54) is 12.5 Å². The van der Waals surface area contributed by atoms with Gasteiger partial charge in [0, 0.05) is 31.7 Å². The van der Waals surface area contributed by atoms with Crippen LogP contribution in [0.2, 0.25) is 0 Å². The summed E-state index contributed by atoms with van der Waals surface area (Å²) < 4.78 is 3.45. The number of imidazole rings is 1. The number of anilines is 1. The molecule has 0 atom stereocenters. The van der Waals surface area contributed by atoms with Crippen LogP contribution in [0.5, 0.6) is 0 Å². The Kier molecular flexibility index (Phi) is 3.04. The number of aromatic carboxylic acids is 1. The highest BCUT2D eigenvalue weighted by molar-refractivity contribution is 5.84. The van der Waals surface area contributed by atoms with Crippen LogP contribution in [0.3, 0.4) is 0 Å². The number of hydrogen-bond donors (Lipinski definition) is 2. The predicted octanol–water partition coefficient (Wildman–Crippen LogP) is 0.736. The van der Waals surface area contributed by atoms with Gasteiger partial charge in [0.15, 0.2) is 11.5 Å². The molecule has 0 amide bonds. The second-order valence-electron chi connectivity index (χ2n) is 4.17. The third kappa shape index (κ3) is 2.30. The Hall–Kier alpha value is -2.90. The lowest BCUT2D eigenvalue weighted by atomic mass is 10.4. The number of fused-ring (bicyclic) bond motifs is 1. The van der Waals surface area contributed by atoms with Crippen LogP contribution in [-0.2, 0) is 6.54 Å². The summed E-state index contributed by atoms with van der Waals surface area (Å²) in [4.78, 5) is 18.8. The van der Waals surface area contributed by atoms with Crippen molar-refractivity contribution < 1.29 is 9.90 Å². The Balaban J connectivity index is 1.64. The number of carboxylic acids is 1. The van der Waals surface area contributed by atoms with Gasteiger partial charge in [-0.05, 0) is 6.07 Å². The van der Waals surface area contributed by atoms with Crippen molar-refractivity contribution in [3.05, 3.63) is 42.9 Å². The molecular weight excluding hydrogens is 260 g/mol. The molecule has 0 bridgehead atoms. The topological polar surface area (TPSA) is 97.3 Å². The molecule has 0 unspecified atom stereocenters. The molecular formula is C12H12N6O2. The molecule has 0 aliphatic heterocycles. The molecule has 102 valence electrons. The first-order chi connectivity index (χ1) is 9.74. The molecule has 0 aliphatic carbocycles. The van der Waals surface area contributed by atoms with Crippen molar-refractivity contribution in [1.29, 1.82) is 0 Å². The van der Waals surface area contributed by atoms with Crippen molar-refractivity contribution in [3.8, 4) is 0 Å². The minimum Gasteiger partial charge on any atom is -0.476 e. The quantitative estimate of drug-likeness (QED) is 0.711. The zero-order valence-corrected chi connectivity index (χ0v) is 10.5. The zero-order valence-electron chi connectivity index (χ0n) is 10.5. The van der Waals surface area contributed by atoms with Gasteiger partial charge in [-0.3, -0.25) is 0 Å². The van der Waals surface area contributed by atoms with Crippen molar-refractivity contribution in [2.45, 2.75) is 6.54 Å². The minimum atomic E-state index is -1.03. The summed E-state index contributed by atoms with van der Waals surface area (Å²) in [6.07, 6.45) is 8.14. The van der Waals surface area contributed by atoms with E-state index in [4.69, 9.17) is 5.11 Å². The van der Waals surface area contributed by atoms with Gasteiger partial charge in [-0.15, -0.1) is 0 Å². The number of carbonyl (C=O) groups is 1. The van der Waals surface area contributed by atoms with Crippen LogP contribution in [-0.4, -0.2) is 41.8 Å². The number of nitrogens with zero attached hydrogens (tertiary/aromatic N) is 5. The Morgan fingerprint density at radius 3 is 3.05 bits per heavy atom. The molecule has 3 rings (SSSR count). The SMILES string of the molecule is O=C(O)c1cn(CCNc2nccn3nccc23)cn1. The van der Waals surface area contributed by atoms with E-state index >= 15 is 0 Å². The molecule has 0 radical (unpaired) electrons. The zero-order chi connectivity index (χ0) is 13.9. The van der Waals surface area contributed by atoms with Crippen LogP contribution >= 0.6 is 0 Å². The molecule has 0 saturated heterocycles. The van der Waals surface area contributed by atoms with E-state index in [0.29, 0.717) is 13.1 Å². The average molecular weight is 272 g/mol. The van der Waals surface area contributed by atoms with Crippen LogP contribution in [0.25, 0.3) is 5.52 Å². The van der Waals surface area contributed by atoms with Crippen LogP contribution in [0.4, 0.5) is 5.82 Å². The number of carboxylic acid groups (broad SMARTS) is 1. The fraction of sp³-hybridized carbons (Fsp3) is 0.167. The molecule has 8 heteroatoms. The van der Waals surface area contributed by atoms with Crippen LogP contribution in [0.1, 0.15) is 10.5 Å². The maximum atomic E-state index is 10.7. The molecule has 0 spiro atoms. The summed E-state index contributed by atoms with van der Waals surface area (Å²) in [5.41, 5.74) is 0.936. The number of nitrogens with one attached hydrogen (secondary N) is 1. The monoisotopic (exact) mass is 272 g/mol. The lowest BCUT2D eigenvalue weighted by Gasteiger charge is -2.07. The van der Waals surface area contributed by atoms with Gasteiger partial charge < -0.3 is 15.0 Å². The molecule has 2 N–H and O–H groups in total. The van der Waals surface area contributed by atoms with Crippen molar-refractivity contribution >= 4 is 17.3 Å². The molecule has 20 heavy (non-hydrogen) atoms. The van der Waals surface area contributed by atoms with E-state index in [2.05, 4.69) is 20.4 Å². The van der Waals surface area contributed by atoms with Gasteiger partial charge in [-0.25, -0.2) is 19.3 Å². The second-order valence-corrected chi connectivity index (χ2v) is 4.17. The number of hydrogen-bond acceptors (Lipinski definition) is 5. The van der Waals surface area contributed by atoms with E-state index in [1.54, 1.807) is 27.7 Å². The van der Waals surface area contributed by atoms with Crippen LogP contribution in [0, 0.1) is 0 Å². The fourth-order valence-electron chi connectivity index (χ4n) is 1.89. The first-order valence-electron chi connectivity index (χ1n) is 6.01. The third-order valence-electron chi connectivity index (χ3n) is 2.84. The van der Waals surface area contributed by atoms with E-state index in [1.807, 2.05) is 6.07 Å². The number of rotatable bonds is 5. The summed E-state index contributed by atoms with van der Waals surface area (Å²) >= 11 is 0. The van der Waals surface area contributed by atoms with Crippen LogP contribution in [0.15, 0.2) is 37.2 Å². The molecule has 0 aliphatic rings. The van der Waals surface area contributed by atoms with Crippen LogP contribution < -0.4 is 5.32 Å². The Labute approximate surface area is 113 Å². The molecule has 0 aromatic carbocycles. The molecule has 0 saturated carbocycles. The van der Waals surface area contributed by atoms with Gasteiger partial charge in [0.1, 0.15) is 5.52 Å². The molecule has 0 fully saturated rings. The highest BCUT2D eigenvalue weighted by Crippen LogP contribution is 2.11. The normalized spacial score (nSPS) is 10.8. The summed E-state index contributed by atoms with van der Waals surface area (Å²) in [5, 5.41) is 16.1. The van der Waals surface area contributed by atoms with Gasteiger partial charge in [0.2, 0.25) is 0 Å². The van der Waals surface area contributed by atoms with Crippen molar-refractivity contribution in [2.24, 2.45) is 0 Å². The second kappa shape index (κ2) is 5.00. The van der Waals surface area contributed by atoms with Gasteiger partial charge >= 0.3 is 5.97 Å². The number of aromatic nitrogens is 5. The van der Waals surface area contributed by atoms with Crippen molar-refractivity contribution in [3.63, 3.8) is 0 Å². The van der Waals surface area contributed by atoms with Gasteiger partial charge in [0.05, 0.1) is 12.5 Å². The first kappa shape index (κ1) is 12.2. The molecule has 3 aromatic heterocycles. The fourth-order valence-corrected chi connectivity index (χ4v) is 1.89. The summed E-state index contributed by atoms with van der Waals surface area (Å²) in [6, 6.07) is 1.87. The summed E-state index contributed by atoms with van der Waals surface area (Å²) in [5.74, 6) is -0.286. The minimum absolute atomic E-state index is 0.0426. The largest absolute Gasteiger partial charge is 0.476 e. The summed E-state index contributed by atoms with van der Waals surface area (Å²) in [6.45, 7) is 1.20. The maximum Gasteiger partial charge on any atom is 0.356 e. The lowest BCUT2D eigenvalue weighted by Crippen LogP contribution is -2.11. The van der Waals surface area contributed by atoms with E-state index < -0.39 is 5.97 Å². The average Bonchev–Trinajstić information content (AvgIpc) is 3.07. The highest BCUT2D eigenvalue weighted by Gasteiger charge is 2.06.